The summed E-state index contributed by atoms with van der Waals surface area (Å²) in [7, 11) is 0. The fourth-order valence-corrected chi connectivity index (χ4v) is 2.61. The van der Waals surface area contributed by atoms with Crippen molar-refractivity contribution in [2.75, 3.05) is 11.9 Å². The number of ether oxygens (including phenoxy) is 1. The Labute approximate surface area is 148 Å². The summed E-state index contributed by atoms with van der Waals surface area (Å²) in [6.45, 7) is 7.80. The van der Waals surface area contributed by atoms with Gasteiger partial charge in [-0.1, -0.05) is 26.2 Å². The van der Waals surface area contributed by atoms with E-state index in [0.29, 0.717) is 0 Å². The first-order chi connectivity index (χ1) is 11.7. The van der Waals surface area contributed by atoms with Crippen molar-refractivity contribution in [3.63, 3.8) is 0 Å². The van der Waals surface area contributed by atoms with Crippen LogP contribution in [0.15, 0.2) is 6.20 Å². The van der Waals surface area contributed by atoms with Crippen molar-refractivity contribution < 1.29 is 18.3 Å². The van der Waals surface area contributed by atoms with Crippen LogP contribution in [-0.4, -0.2) is 28.0 Å². The van der Waals surface area contributed by atoms with Crippen molar-refractivity contribution in [1.29, 1.82) is 0 Å². The minimum absolute atomic E-state index is 0.0230. The highest BCUT2D eigenvalue weighted by Crippen LogP contribution is 2.32. The first-order valence-electron chi connectivity index (χ1n) is 8.75. The summed E-state index contributed by atoms with van der Waals surface area (Å²) in [5, 5.41) is 6.36. The van der Waals surface area contributed by atoms with Gasteiger partial charge in [-0.2, -0.15) is 5.10 Å². The normalized spacial score (nSPS) is 15.5. The van der Waals surface area contributed by atoms with Gasteiger partial charge in [0.25, 0.3) is 6.43 Å². The minimum Gasteiger partial charge on any atom is -0.444 e. The van der Waals surface area contributed by atoms with Gasteiger partial charge in [0.05, 0.1) is 11.7 Å². The van der Waals surface area contributed by atoms with E-state index in [9.17, 15) is 13.6 Å². The first-order valence-corrected chi connectivity index (χ1v) is 8.75. The molecule has 0 spiro atoms. The summed E-state index contributed by atoms with van der Waals surface area (Å²) in [5.41, 5.74) is 3.78. The Hall–Kier alpha value is -1.70. The predicted molar refractivity (Wildman–Crippen MR) is 93.9 cm³/mol. The molecule has 25 heavy (non-hydrogen) atoms. The molecule has 1 heterocycles. The number of amides is 1. The van der Waals surface area contributed by atoms with Crippen LogP contribution in [0.25, 0.3) is 0 Å². The molecule has 0 unspecified atom stereocenters. The highest BCUT2D eigenvalue weighted by molar-refractivity contribution is 5.85. The van der Waals surface area contributed by atoms with Gasteiger partial charge in [0.15, 0.2) is 5.69 Å². The number of rotatable bonds is 3. The highest BCUT2D eigenvalue weighted by atomic mass is 19.3. The molecule has 1 saturated carbocycles. The molecule has 3 N–H and O–H groups in total. The zero-order valence-corrected chi connectivity index (χ0v) is 15.5. The van der Waals surface area contributed by atoms with Gasteiger partial charge >= 0.3 is 6.09 Å². The molecule has 8 heteroatoms. The summed E-state index contributed by atoms with van der Waals surface area (Å²) in [6, 6.07) is 0.125. The molecule has 144 valence electrons. The lowest BCUT2D eigenvalue weighted by Crippen LogP contribution is -2.27. The Bertz CT molecular complexity index is 535. The Morgan fingerprint density at radius 1 is 1.40 bits per heavy atom. The van der Waals surface area contributed by atoms with Gasteiger partial charge in [-0.15, -0.1) is 0 Å². The number of carbonyl (C=O) groups is 1. The Balaban J connectivity index is 0.000000970. The van der Waals surface area contributed by atoms with Crippen LogP contribution in [-0.2, 0) is 4.74 Å². The van der Waals surface area contributed by atoms with E-state index in [0.717, 1.165) is 32.2 Å². The van der Waals surface area contributed by atoms with Crippen LogP contribution >= 0.6 is 0 Å². The van der Waals surface area contributed by atoms with Crippen molar-refractivity contribution in [3.8, 4) is 0 Å². The molecular weight excluding hydrogens is 330 g/mol. The molecule has 0 saturated heterocycles. The van der Waals surface area contributed by atoms with Gasteiger partial charge in [-0.05, 0) is 40.2 Å². The zero-order valence-electron chi connectivity index (χ0n) is 15.5. The summed E-state index contributed by atoms with van der Waals surface area (Å²) >= 11 is 0. The lowest BCUT2D eigenvalue weighted by Gasteiger charge is -2.21. The quantitative estimate of drug-likeness (QED) is 0.823. The van der Waals surface area contributed by atoms with Gasteiger partial charge < -0.3 is 10.5 Å². The molecular formula is C17H30F2N4O2. The summed E-state index contributed by atoms with van der Waals surface area (Å²) in [6.07, 6.45) is 3.16. The summed E-state index contributed by atoms with van der Waals surface area (Å²) in [4.78, 5) is 11.8. The van der Waals surface area contributed by atoms with Gasteiger partial charge in [0, 0.05) is 6.20 Å². The van der Waals surface area contributed by atoms with E-state index in [4.69, 9.17) is 10.5 Å². The highest BCUT2D eigenvalue weighted by Gasteiger charge is 2.25. The zero-order chi connectivity index (χ0) is 19.0. The molecule has 1 fully saturated rings. The number of halogens is 2. The minimum atomic E-state index is -2.74. The molecule has 1 aromatic rings. The average molecular weight is 360 g/mol. The second kappa shape index (κ2) is 9.70. The number of nitrogens with one attached hydrogen (secondary N) is 1. The number of anilines is 1. The maximum absolute atomic E-state index is 13.1. The second-order valence-electron chi connectivity index (χ2n) is 7.04. The SMILES string of the molecule is CC(C)(C)OC(=O)Nc1cn(C2CCCCC2)nc1C(F)F.CCN. The molecule has 6 nitrogen and oxygen atoms in total. The fourth-order valence-electron chi connectivity index (χ4n) is 2.61. The van der Waals surface area contributed by atoms with Crippen LogP contribution in [0.4, 0.5) is 19.3 Å². The van der Waals surface area contributed by atoms with E-state index in [1.54, 1.807) is 25.5 Å². The fraction of sp³-hybridized carbons (Fsp3) is 0.765. The van der Waals surface area contributed by atoms with Crippen molar-refractivity contribution in [2.24, 2.45) is 5.73 Å². The Kier molecular flexibility index (Phi) is 8.28. The van der Waals surface area contributed by atoms with Crippen LogP contribution in [0, 0.1) is 0 Å². The maximum Gasteiger partial charge on any atom is 0.412 e. The molecule has 0 atom stereocenters. The third-order valence-electron chi connectivity index (χ3n) is 3.55. The number of hydrogen-bond acceptors (Lipinski definition) is 4. The number of carbonyl (C=O) groups excluding carboxylic acids is 1. The summed E-state index contributed by atoms with van der Waals surface area (Å²) in [5.74, 6) is 0. The van der Waals surface area contributed by atoms with E-state index in [-0.39, 0.29) is 11.7 Å². The van der Waals surface area contributed by atoms with E-state index in [2.05, 4.69) is 10.4 Å². The Morgan fingerprint density at radius 2 is 1.96 bits per heavy atom. The third kappa shape index (κ3) is 7.37. The standard InChI is InChI=1S/C15H23F2N3O2.C2H7N/c1-15(2,3)22-14(21)18-11-9-20(19-12(11)13(16)17)10-7-5-4-6-8-10;1-2-3/h9-10,13H,4-8H2,1-3H3,(H,18,21);2-3H2,1H3. The van der Waals surface area contributed by atoms with Crippen LogP contribution in [0.1, 0.15) is 78.0 Å². The number of hydrogen-bond donors (Lipinski definition) is 2. The van der Waals surface area contributed by atoms with Crippen LogP contribution in [0.3, 0.4) is 0 Å². The molecule has 0 radical (unpaired) electrons. The van der Waals surface area contributed by atoms with Crippen molar-refractivity contribution in [1.82, 2.24) is 9.78 Å². The van der Waals surface area contributed by atoms with Crippen molar-refractivity contribution in [3.05, 3.63) is 11.9 Å². The monoisotopic (exact) mass is 360 g/mol. The molecule has 1 aliphatic carbocycles. The van der Waals surface area contributed by atoms with Crippen molar-refractivity contribution >= 4 is 11.8 Å². The molecule has 0 aliphatic heterocycles. The Morgan fingerprint density at radius 3 is 2.44 bits per heavy atom. The van der Waals surface area contributed by atoms with E-state index < -0.39 is 23.8 Å². The molecule has 0 bridgehead atoms. The van der Waals surface area contributed by atoms with Gasteiger partial charge in [0.1, 0.15) is 5.60 Å². The maximum atomic E-state index is 13.1. The van der Waals surface area contributed by atoms with Gasteiger partial charge in [-0.3, -0.25) is 10.00 Å². The molecule has 1 amide bonds. The van der Waals surface area contributed by atoms with E-state index >= 15 is 0 Å². The topological polar surface area (TPSA) is 82.2 Å². The largest absolute Gasteiger partial charge is 0.444 e. The predicted octanol–water partition coefficient (Wildman–Crippen LogP) is 4.64. The van der Waals surface area contributed by atoms with Crippen LogP contribution < -0.4 is 11.1 Å². The molecule has 2 rings (SSSR count). The van der Waals surface area contributed by atoms with Crippen LogP contribution in [0.2, 0.25) is 0 Å². The van der Waals surface area contributed by atoms with Crippen molar-refractivity contribution in [2.45, 2.75) is 77.9 Å². The summed E-state index contributed by atoms with van der Waals surface area (Å²) < 4.78 is 32.9. The molecule has 1 aliphatic rings. The van der Waals surface area contributed by atoms with Gasteiger partial charge in [0.2, 0.25) is 0 Å². The number of alkyl halides is 2. The number of aromatic nitrogens is 2. The second-order valence-corrected chi connectivity index (χ2v) is 7.04. The van der Waals surface area contributed by atoms with Gasteiger partial charge in [-0.25, -0.2) is 13.6 Å². The molecule has 0 aromatic carbocycles. The lowest BCUT2D eigenvalue weighted by molar-refractivity contribution is 0.0635. The lowest BCUT2D eigenvalue weighted by atomic mass is 9.96. The smallest absolute Gasteiger partial charge is 0.412 e. The third-order valence-corrected chi connectivity index (χ3v) is 3.55. The molecule has 1 aromatic heterocycles. The van der Waals surface area contributed by atoms with E-state index in [1.165, 1.54) is 12.6 Å². The van der Waals surface area contributed by atoms with E-state index in [1.807, 2.05) is 6.92 Å². The number of nitrogens with two attached hydrogens (primary N) is 1. The first kappa shape index (κ1) is 21.3. The average Bonchev–Trinajstić information content (AvgIpc) is 2.91. The van der Waals surface area contributed by atoms with Crippen LogP contribution in [0.5, 0.6) is 0 Å². The number of nitrogens with zero attached hydrogens (tertiary/aromatic N) is 2.